The Kier molecular flexibility index (Phi) is 35.7. The smallest absolute Gasteiger partial charge is 0.322 e. The lowest BCUT2D eigenvalue weighted by atomic mass is 9.92. The van der Waals surface area contributed by atoms with Gasteiger partial charge in [-0.05, 0) is 136 Å². The lowest BCUT2D eigenvalue weighted by molar-refractivity contribution is -0.138. The molecule has 1 unspecified atom stereocenters. The molecule has 8 N–H and O–H groups in total. The van der Waals surface area contributed by atoms with Crippen LogP contribution in [-0.2, 0) is 37.1 Å². The highest BCUT2D eigenvalue weighted by molar-refractivity contribution is 5.97. The average Bonchev–Trinajstić information content (AvgIpc) is 1.66. The molecular weight excluding hydrogens is 1380 g/mol. The standard InChI is InChI=1S/C29H44N4O4.C26H38N4O6.C25H36N4O6/c1-7-20(8-2)18-33-24(28-25(36-5)13-10-14-26(28)37-6)17-23(32-33)29(35)31-22(15-19(3)4)16-27(34)30-21-11-9-12-21;1-15(2)11-18(12-23(31)27-14-24(32)33)28-26(34)19-13-20(30(29-19)17(5)16(3)4)25-21(35-6)9-8-10-22(25)36-7;1-15(2)10-17(11-22(30)26-13-23(31)32)27-25(33)18-12-19(29(28-18)14-16(3)4)24-20(34-5)8-7-9-21(24)35-6/h10,13-14,17,19-22H,7-9,11-12,15-16,18H2,1-6H3,(H,30,34)(H,31,35);8-10,13,15-18H,11-12,14H2,1-7H3,(H,27,31)(H,28,34)(H,32,33);7-9,12,15-17H,10-11,13-14H2,1-6H3,(H,26,30)(H,27,33)(H,31,32)/t22-;17?,18-;17-/m000/s1. The number of aromatic nitrogens is 6. The second-order valence-electron chi connectivity index (χ2n) is 29.3. The highest BCUT2D eigenvalue weighted by Crippen LogP contribution is 2.43. The summed E-state index contributed by atoms with van der Waals surface area (Å²) in [6, 6.07) is 20.8. The van der Waals surface area contributed by atoms with E-state index in [1.54, 1.807) is 70.2 Å². The normalized spacial score (nSPS) is 13.0. The average molecular weight is 1500 g/mol. The number of carbonyl (C=O) groups is 8. The van der Waals surface area contributed by atoms with Gasteiger partial charge < -0.3 is 70.5 Å². The molecule has 0 bridgehead atoms. The summed E-state index contributed by atoms with van der Waals surface area (Å²) in [5.74, 6) is 1.06. The topological polar surface area (TPSA) is 358 Å². The number of benzene rings is 3. The second kappa shape index (κ2) is 43.6. The van der Waals surface area contributed by atoms with Crippen molar-refractivity contribution >= 4 is 47.4 Å². The summed E-state index contributed by atoms with van der Waals surface area (Å²) in [4.78, 5) is 98.5. The van der Waals surface area contributed by atoms with Crippen molar-refractivity contribution in [2.24, 2.45) is 35.5 Å². The number of ether oxygens (including phenoxy) is 6. The van der Waals surface area contributed by atoms with Gasteiger partial charge in [0.05, 0.1) is 82.5 Å². The number of nitrogens with one attached hydrogen (secondary N) is 6. The number of carbonyl (C=O) groups excluding carboxylic acids is 6. The fourth-order valence-electron chi connectivity index (χ4n) is 12.5. The van der Waals surface area contributed by atoms with Gasteiger partial charge in [0.2, 0.25) is 17.7 Å². The van der Waals surface area contributed by atoms with Crippen molar-refractivity contribution in [3.8, 4) is 68.3 Å². The summed E-state index contributed by atoms with van der Waals surface area (Å²) in [5, 5.41) is 48.2. The third kappa shape index (κ3) is 26.7. The molecule has 1 saturated carbocycles. The van der Waals surface area contributed by atoms with Gasteiger partial charge in [0.1, 0.15) is 47.6 Å². The molecule has 1 fully saturated rings. The zero-order valence-corrected chi connectivity index (χ0v) is 66.7. The molecule has 28 nitrogen and oxygen atoms in total. The maximum absolute atomic E-state index is 13.5. The Morgan fingerprint density at radius 3 is 1.07 bits per heavy atom. The minimum atomic E-state index is -1.13. The Bertz CT molecular complexity index is 3860. The first-order valence-corrected chi connectivity index (χ1v) is 37.4. The highest BCUT2D eigenvalue weighted by atomic mass is 16.5. The number of nitrogens with zero attached hydrogens (tertiary/aromatic N) is 6. The summed E-state index contributed by atoms with van der Waals surface area (Å²) in [7, 11) is 9.54. The van der Waals surface area contributed by atoms with E-state index in [-0.39, 0.29) is 84.3 Å². The van der Waals surface area contributed by atoms with Crippen molar-refractivity contribution in [1.29, 1.82) is 0 Å². The summed E-state index contributed by atoms with van der Waals surface area (Å²) in [5.41, 5.74) is 5.00. The van der Waals surface area contributed by atoms with Crippen LogP contribution in [0.5, 0.6) is 34.5 Å². The number of carboxylic acid groups (broad SMARTS) is 2. The summed E-state index contributed by atoms with van der Waals surface area (Å²) in [6.07, 6.45) is 7.26. The van der Waals surface area contributed by atoms with E-state index >= 15 is 0 Å². The molecule has 6 amide bonds. The molecule has 7 rings (SSSR count). The number of methoxy groups -OCH3 is 6. The fraction of sp³-hybridized carbons (Fsp3) is 0.562. The molecule has 0 radical (unpaired) electrons. The molecule has 108 heavy (non-hydrogen) atoms. The number of rotatable bonds is 40. The van der Waals surface area contributed by atoms with Crippen LogP contribution in [-0.4, -0.2) is 167 Å². The Labute approximate surface area is 636 Å². The Balaban J connectivity index is 0.000000291. The first-order chi connectivity index (χ1) is 51.3. The fourth-order valence-corrected chi connectivity index (χ4v) is 12.5. The number of carboxylic acids is 2. The van der Waals surface area contributed by atoms with E-state index in [1.807, 2.05) is 93.9 Å². The number of aliphatic carboxylic acids is 2. The summed E-state index contributed by atoms with van der Waals surface area (Å²) < 4.78 is 39.1. The van der Waals surface area contributed by atoms with Crippen LogP contribution < -0.4 is 60.3 Å². The Morgan fingerprint density at radius 2 is 0.778 bits per heavy atom. The first-order valence-electron chi connectivity index (χ1n) is 37.4. The van der Waals surface area contributed by atoms with Gasteiger partial charge in [0.25, 0.3) is 17.7 Å². The maximum Gasteiger partial charge on any atom is 0.322 e. The van der Waals surface area contributed by atoms with Crippen molar-refractivity contribution in [3.05, 3.63) is 89.9 Å². The molecule has 3 aromatic heterocycles. The number of amides is 6. The predicted octanol–water partition coefficient (Wildman–Crippen LogP) is 11.7. The van der Waals surface area contributed by atoms with Gasteiger partial charge in [-0.25, -0.2) is 0 Å². The van der Waals surface area contributed by atoms with Crippen LogP contribution in [0.3, 0.4) is 0 Å². The molecule has 3 aromatic carbocycles. The van der Waals surface area contributed by atoms with Gasteiger partial charge in [-0.2, -0.15) is 15.3 Å². The first kappa shape index (κ1) is 88.5. The molecule has 0 saturated heterocycles. The molecular formula is C80H118N12O16. The van der Waals surface area contributed by atoms with Crippen LogP contribution >= 0.6 is 0 Å². The molecule has 1 aliphatic carbocycles. The van der Waals surface area contributed by atoms with Gasteiger partial charge >= 0.3 is 11.9 Å². The summed E-state index contributed by atoms with van der Waals surface area (Å²) in [6.45, 7) is 27.1. The molecule has 4 atom stereocenters. The van der Waals surface area contributed by atoms with Crippen molar-refractivity contribution in [1.82, 2.24) is 61.2 Å². The molecule has 6 aromatic rings. The lowest BCUT2D eigenvalue weighted by Crippen LogP contribution is -2.44. The van der Waals surface area contributed by atoms with Crippen LogP contribution in [0.2, 0.25) is 0 Å². The second-order valence-corrected chi connectivity index (χ2v) is 29.3. The molecule has 1 aliphatic rings. The van der Waals surface area contributed by atoms with Crippen LogP contribution in [0.1, 0.15) is 198 Å². The predicted molar refractivity (Wildman–Crippen MR) is 414 cm³/mol. The molecule has 0 spiro atoms. The third-order valence-corrected chi connectivity index (χ3v) is 18.4. The van der Waals surface area contributed by atoms with Crippen LogP contribution in [0.4, 0.5) is 0 Å². The third-order valence-electron chi connectivity index (χ3n) is 18.4. The number of hydrogen-bond donors (Lipinski definition) is 8. The van der Waals surface area contributed by atoms with Crippen LogP contribution in [0.15, 0.2) is 72.8 Å². The molecule has 3 heterocycles. The maximum atomic E-state index is 13.5. The number of hydrogen-bond acceptors (Lipinski definition) is 17. The minimum absolute atomic E-state index is 0.00522. The van der Waals surface area contributed by atoms with E-state index in [9.17, 15) is 38.4 Å². The summed E-state index contributed by atoms with van der Waals surface area (Å²) >= 11 is 0. The van der Waals surface area contributed by atoms with E-state index in [1.165, 1.54) is 0 Å². The quantitative estimate of drug-likeness (QED) is 0.0177. The van der Waals surface area contributed by atoms with E-state index in [0.29, 0.717) is 107 Å². The zero-order valence-electron chi connectivity index (χ0n) is 66.7. The largest absolute Gasteiger partial charge is 0.496 e. The van der Waals surface area contributed by atoms with Crippen molar-refractivity contribution in [2.45, 2.75) is 204 Å². The molecule has 594 valence electrons. The van der Waals surface area contributed by atoms with E-state index in [4.69, 9.17) is 43.7 Å². The van der Waals surface area contributed by atoms with Crippen LogP contribution in [0, 0.1) is 35.5 Å². The van der Waals surface area contributed by atoms with E-state index in [0.717, 1.165) is 43.4 Å². The van der Waals surface area contributed by atoms with Crippen LogP contribution in [0.25, 0.3) is 33.8 Å². The van der Waals surface area contributed by atoms with Gasteiger partial charge in [-0.3, -0.25) is 52.4 Å². The van der Waals surface area contributed by atoms with Gasteiger partial charge in [0, 0.05) is 56.5 Å². The van der Waals surface area contributed by atoms with Crippen molar-refractivity contribution in [3.63, 3.8) is 0 Å². The molecule has 28 heteroatoms. The lowest BCUT2D eigenvalue weighted by Gasteiger charge is -2.27. The van der Waals surface area contributed by atoms with E-state index in [2.05, 4.69) is 97.5 Å². The molecule has 0 aliphatic heterocycles. The van der Waals surface area contributed by atoms with Gasteiger partial charge in [0.15, 0.2) is 17.1 Å². The Hall–Kier alpha value is -10.1. The van der Waals surface area contributed by atoms with Crippen molar-refractivity contribution < 1.29 is 77.0 Å². The zero-order chi connectivity index (χ0) is 80.1. The highest BCUT2D eigenvalue weighted by Gasteiger charge is 2.31. The SMILES string of the molecule is CCC(CC)Cn1nc(C(=O)N[C@H](CC(=O)NC2CCC2)CC(C)C)cc1-c1c(OC)cccc1OC.COc1cccc(OC)c1-c1cc(C(=O)N[C@H](CC(=O)NCC(=O)O)CC(C)C)nn1C(C)C(C)C.COc1cccc(OC)c1-c1cc(C(=O)N[C@H](CC(=O)NCC(=O)O)CC(C)C)nn1CC(C)C. The van der Waals surface area contributed by atoms with Gasteiger partial charge in [-0.15, -0.1) is 0 Å². The monoisotopic (exact) mass is 1500 g/mol. The van der Waals surface area contributed by atoms with Gasteiger partial charge in [-0.1, -0.05) is 114 Å². The minimum Gasteiger partial charge on any atom is -0.496 e. The van der Waals surface area contributed by atoms with E-state index < -0.39 is 60.7 Å². The Morgan fingerprint density at radius 1 is 0.454 bits per heavy atom. The van der Waals surface area contributed by atoms with Crippen molar-refractivity contribution in [2.75, 3.05) is 55.7 Å².